The number of benzene rings is 1. The van der Waals surface area contributed by atoms with Gasteiger partial charge in [-0.05, 0) is 35.2 Å². The van der Waals surface area contributed by atoms with Gasteiger partial charge in [0, 0.05) is 0 Å². The molecule has 0 radical (unpaired) electrons. The lowest BCUT2D eigenvalue weighted by atomic mass is 10.2. The molecule has 3 aromatic rings. The van der Waals surface area contributed by atoms with E-state index in [-0.39, 0.29) is 6.61 Å². The van der Waals surface area contributed by atoms with Crippen molar-refractivity contribution in [3.8, 4) is 16.3 Å². The van der Waals surface area contributed by atoms with Crippen molar-refractivity contribution in [2.45, 2.75) is 12.8 Å². The molecule has 0 bridgehead atoms. The molecule has 7 heteroatoms. The van der Waals surface area contributed by atoms with E-state index in [1.54, 1.807) is 41.8 Å². The Kier molecular flexibility index (Phi) is 3.76. The molecule has 0 spiro atoms. The molecule has 3 rings (SSSR count). The van der Waals surface area contributed by atoms with Gasteiger partial charge in [-0.25, -0.2) is 4.68 Å². The zero-order valence-corrected chi connectivity index (χ0v) is 12.0. The van der Waals surface area contributed by atoms with Crippen molar-refractivity contribution in [3.05, 3.63) is 59.1 Å². The van der Waals surface area contributed by atoms with Crippen molar-refractivity contribution in [2.75, 3.05) is 0 Å². The molecule has 0 amide bonds. The Bertz CT molecular complexity index is 761. The van der Waals surface area contributed by atoms with Gasteiger partial charge in [0.15, 0.2) is 5.69 Å². The van der Waals surface area contributed by atoms with Crippen LogP contribution in [0.5, 0.6) is 0 Å². The maximum absolute atomic E-state index is 13.0. The second-order valence-corrected chi connectivity index (χ2v) is 5.57. The molecule has 0 unspecified atom stereocenters. The predicted octanol–water partition coefficient (Wildman–Crippen LogP) is 4.11. The number of hydrogen-bond acceptors (Lipinski definition) is 3. The second kappa shape index (κ2) is 5.58. The molecule has 22 heavy (non-hydrogen) atoms. The highest BCUT2D eigenvalue weighted by Gasteiger charge is 2.35. The van der Waals surface area contributed by atoms with Crippen LogP contribution in [0.1, 0.15) is 11.3 Å². The van der Waals surface area contributed by atoms with Gasteiger partial charge in [0.05, 0.1) is 22.9 Å². The van der Waals surface area contributed by atoms with Crippen molar-refractivity contribution < 1.29 is 18.3 Å². The normalized spacial score (nSPS) is 11.8. The number of nitrogens with zero attached hydrogens (tertiary/aromatic N) is 2. The number of thiophene rings is 1. The standard InChI is InChI=1S/C15H11F3N2OS/c16-15(17,18)14-8-12(13-2-1-7-22-13)20(19-14)11-5-3-10(9-21)4-6-11/h1-8,21H,9H2. The fourth-order valence-corrected chi connectivity index (χ4v) is 2.79. The molecule has 3 nitrogen and oxygen atoms in total. The first kappa shape index (κ1) is 14.8. The lowest BCUT2D eigenvalue weighted by molar-refractivity contribution is -0.141. The highest BCUT2D eigenvalue weighted by Crippen LogP contribution is 2.34. The minimum Gasteiger partial charge on any atom is -0.392 e. The maximum atomic E-state index is 13.0. The maximum Gasteiger partial charge on any atom is 0.435 e. The summed E-state index contributed by atoms with van der Waals surface area (Å²) in [7, 11) is 0. The van der Waals surface area contributed by atoms with Crippen LogP contribution < -0.4 is 0 Å². The third-order valence-electron chi connectivity index (χ3n) is 3.14. The Morgan fingerprint density at radius 3 is 2.41 bits per heavy atom. The highest BCUT2D eigenvalue weighted by atomic mass is 32.1. The van der Waals surface area contributed by atoms with E-state index in [9.17, 15) is 13.2 Å². The smallest absolute Gasteiger partial charge is 0.392 e. The fourth-order valence-electron chi connectivity index (χ4n) is 2.06. The Hall–Kier alpha value is -2.12. The molecule has 0 aliphatic carbocycles. The SMILES string of the molecule is OCc1ccc(-n2nc(C(F)(F)F)cc2-c2cccs2)cc1. The van der Waals surface area contributed by atoms with Crippen LogP contribution in [0.3, 0.4) is 0 Å². The Morgan fingerprint density at radius 1 is 1.14 bits per heavy atom. The zero-order valence-electron chi connectivity index (χ0n) is 11.2. The van der Waals surface area contributed by atoms with E-state index in [4.69, 9.17) is 5.11 Å². The van der Waals surface area contributed by atoms with Gasteiger partial charge in [-0.2, -0.15) is 18.3 Å². The first-order valence-electron chi connectivity index (χ1n) is 6.40. The van der Waals surface area contributed by atoms with Crippen LogP contribution in [-0.2, 0) is 12.8 Å². The molecule has 0 saturated carbocycles. The van der Waals surface area contributed by atoms with Crippen LogP contribution in [0.2, 0.25) is 0 Å². The summed E-state index contributed by atoms with van der Waals surface area (Å²) in [5.74, 6) is 0. The van der Waals surface area contributed by atoms with Gasteiger partial charge in [0.2, 0.25) is 0 Å². The van der Waals surface area contributed by atoms with E-state index >= 15 is 0 Å². The molecule has 1 aromatic carbocycles. The summed E-state index contributed by atoms with van der Waals surface area (Å²) in [5, 5.41) is 14.5. The monoisotopic (exact) mass is 324 g/mol. The summed E-state index contributed by atoms with van der Waals surface area (Å²) in [6.07, 6.45) is -4.50. The molecular weight excluding hydrogens is 313 g/mol. The first-order chi connectivity index (χ1) is 10.5. The van der Waals surface area contributed by atoms with Crippen LogP contribution in [0.25, 0.3) is 16.3 Å². The third kappa shape index (κ3) is 2.77. The minimum absolute atomic E-state index is 0.120. The predicted molar refractivity (Wildman–Crippen MR) is 77.8 cm³/mol. The molecule has 0 aliphatic heterocycles. The molecule has 2 heterocycles. The summed E-state index contributed by atoms with van der Waals surface area (Å²) in [6, 6.07) is 11.2. The molecule has 2 aromatic heterocycles. The second-order valence-electron chi connectivity index (χ2n) is 4.63. The number of alkyl halides is 3. The summed E-state index contributed by atoms with van der Waals surface area (Å²) in [6.45, 7) is -0.120. The number of hydrogen-bond donors (Lipinski definition) is 1. The van der Waals surface area contributed by atoms with Crippen LogP contribution in [0.15, 0.2) is 47.8 Å². The molecule has 0 fully saturated rings. The van der Waals surface area contributed by atoms with Crippen LogP contribution >= 0.6 is 11.3 Å². The van der Waals surface area contributed by atoms with Gasteiger partial charge in [-0.15, -0.1) is 11.3 Å². The molecule has 0 aliphatic rings. The highest BCUT2D eigenvalue weighted by molar-refractivity contribution is 7.13. The van der Waals surface area contributed by atoms with E-state index < -0.39 is 11.9 Å². The Labute approximate surface area is 128 Å². The number of halogens is 3. The van der Waals surface area contributed by atoms with Gasteiger partial charge in [-0.1, -0.05) is 18.2 Å². The van der Waals surface area contributed by atoms with Crippen LogP contribution in [0.4, 0.5) is 13.2 Å². The van der Waals surface area contributed by atoms with Crippen molar-refractivity contribution in [1.29, 1.82) is 0 Å². The minimum atomic E-state index is -4.50. The van der Waals surface area contributed by atoms with Crippen LogP contribution in [-0.4, -0.2) is 14.9 Å². The number of rotatable bonds is 3. The van der Waals surface area contributed by atoms with E-state index in [1.807, 2.05) is 0 Å². The molecular formula is C15H11F3N2OS. The topological polar surface area (TPSA) is 38.0 Å². The van der Waals surface area contributed by atoms with E-state index in [2.05, 4.69) is 5.10 Å². The van der Waals surface area contributed by atoms with Crippen molar-refractivity contribution in [1.82, 2.24) is 9.78 Å². The largest absolute Gasteiger partial charge is 0.435 e. The summed E-state index contributed by atoms with van der Waals surface area (Å²) >= 11 is 1.35. The van der Waals surface area contributed by atoms with Gasteiger partial charge < -0.3 is 5.11 Å². The van der Waals surface area contributed by atoms with Crippen molar-refractivity contribution in [2.24, 2.45) is 0 Å². The number of aromatic nitrogens is 2. The van der Waals surface area contributed by atoms with E-state index in [0.717, 1.165) is 6.07 Å². The lowest BCUT2D eigenvalue weighted by Crippen LogP contribution is -2.07. The lowest BCUT2D eigenvalue weighted by Gasteiger charge is -2.07. The van der Waals surface area contributed by atoms with Crippen molar-refractivity contribution >= 4 is 11.3 Å². The summed E-state index contributed by atoms with van der Waals surface area (Å²) in [4.78, 5) is 0.703. The summed E-state index contributed by atoms with van der Waals surface area (Å²) in [5.41, 5.74) is 0.655. The molecule has 0 saturated heterocycles. The fraction of sp³-hybridized carbons (Fsp3) is 0.133. The zero-order chi connectivity index (χ0) is 15.7. The van der Waals surface area contributed by atoms with Gasteiger partial charge in [0.1, 0.15) is 0 Å². The van der Waals surface area contributed by atoms with Gasteiger partial charge in [0.25, 0.3) is 0 Å². The number of aliphatic hydroxyl groups is 1. The van der Waals surface area contributed by atoms with E-state index in [1.165, 1.54) is 16.0 Å². The van der Waals surface area contributed by atoms with Crippen LogP contribution in [0, 0.1) is 0 Å². The average Bonchev–Trinajstić information content (AvgIpc) is 3.15. The van der Waals surface area contributed by atoms with Gasteiger partial charge in [-0.3, -0.25) is 0 Å². The first-order valence-corrected chi connectivity index (χ1v) is 7.28. The van der Waals surface area contributed by atoms with Crippen molar-refractivity contribution in [3.63, 3.8) is 0 Å². The molecule has 1 N–H and O–H groups in total. The Morgan fingerprint density at radius 2 is 1.86 bits per heavy atom. The third-order valence-corrected chi connectivity index (χ3v) is 4.03. The van der Waals surface area contributed by atoms with E-state index in [0.29, 0.717) is 21.8 Å². The Balaban J connectivity index is 2.14. The quantitative estimate of drug-likeness (QED) is 0.787. The average molecular weight is 324 g/mol. The summed E-state index contributed by atoms with van der Waals surface area (Å²) < 4.78 is 40.1. The molecule has 114 valence electrons. The van der Waals surface area contributed by atoms with Gasteiger partial charge >= 0.3 is 6.18 Å². The number of aliphatic hydroxyl groups excluding tert-OH is 1. The molecule has 0 atom stereocenters.